The van der Waals surface area contributed by atoms with E-state index in [0.717, 1.165) is 5.56 Å². The second kappa shape index (κ2) is 6.67. The zero-order valence-electron chi connectivity index (χ0n) is 12.8. The second-order valence-corrected chi connectivity index (χ2v) is 7.43. The number of carbonyl (C=O) groups excluding carboxylic acids is 1. The Morgan fingerprint density at radius 1 is 1.22 bits per heavy atom. The Balaban J connectivity index is 2.13. The fourth-order valence-electron chi connectivity index (χ4n) is 2.82. The molecule has 1 aromatic carbocycles. The number of nitrogens with two attached hydrogens (primary N) is 1. The van der Waals surface area contributed by atoms with Crippen LogP contribution >= 0.6 is 0 Å². The lowest BCUT2D eigenvalue weighted by Crippen LogP contribution is -2.39. The minimum atomic E-state index is -3.99. The minimum Gasteiger partial charge on any atom is -0.481 e. The molecule has 2 rings (SSSR count). The Morgan fingerprint density at radius 3 is 2.35 bits per heavy atom. The third-order valence-corrected chi connectivity index (χ3v) is 5.07. The first-order chi connectivity index (χ1) is 10.7. The van der Waals surface area contributed by atoms with Gasteiger partial charge in [0.1, 0.15) is 0 Å². The Hall–Kier alpha value is -1.93. The summed E-state index contributed by atoms with van der Waals surface area (Å²) in [4.78, 5) is 23.1. The first kappa shape index (κ1) is 17.4. The number of primary sulfonamides is 1. The summed E-state index contributed by atoms with van der Waals surface area (Å²) in [5.74, 6) is -1.69. The number of aryl methyl sites for hydroxylation is 1. The van der Waals surface area contributed by atoms with E-state index in [4.69, 9.17) is 10.2 Å². The van der Waals surface area contributed by atoms with Crippen LogP contribution in [-0.4, -0.2) is 31.4 Å². The molecule has 7 nitrogen and oxygen atoms in total. The molecule has 1 aromatic rings. The summed E-state index contributed by atoms with van der Waals surface area (Å²) >= 11 is 0. The number of hydrogen-bond acceptors (Lipinski definition) is 4. The highest BCUT2D eigenvalue weighted by atomic mass is 32.2. The topological polar surface area (TPSA) is 127 Å². The van der Waals surface area contributed by atoms with Crippen molar-refractivity contribution >= 4 is 21.9 Å². The van der Waals surface area contributed by atoms with Gasteiger partial charge in [0.15, 0.2) is 0 Å². The molecule has 23 heavy (non-hydrogen) atoms. The quantitative estimate of drug-likeness (QED) is 0.754. The van der Waals surface area contributed by atoms with Gasteiger partial charge in [0.25, 0.3) is 5.91 Å². The lowest BCUT2D eigenvalue weighted by atomic mass is 9.86. The summed E-state index contributed by atoms with van der Waals surface area (Å²) in [6, 6.07) is 4.22. The molecule has 0 spiro atoms. The summed E-state index contributed by atoms with van der Waals surface area (Å²) < 4.78 is 23.2. The van der Waals surface area contributed by atoms with Crippen molar-refractivity contribution in [1.82, 2.24) is 5.32 Å². The molecule has 0 radical (unpaired) electrons. The van der Waals surface area contributed by atoms with Gasteiger partial charge in [-0.3, -0.25) is 9.59 Å². The fourth-order valence-corrected chi connectivity index (χ4v) is 3.53. The number of carboxylic acids is 1. The molecule has 0 aromatic heterocycles. The highest BCUT2D eigenvalue weighted by Crippen LogP contribution is 2.25. The average Bonchev–Trinajstić information content (AvgIpc) is 2.46. The maximum absolute atomic E-state index is 12.4. The van der Waals surface area contributed by atoms with Gasteiger partial charge in [-0.25, -0.2) is 13.6 Å². The van der Waals surface area contributed by atoms with Crippen LogP contribution in [0.5, 0.6) is 0 Å². The molecular formula is C15H20N2O5S. The normalized spacial score (nSPS) is 21.7. The van der Waals surface area contributed by atoms with Crippen LogP contribution in [0.4, 0.5) is 0 Å². The molecule has 0 unspecified atom stereocenters. The van der Waals surface area contributed by atoms with Crippen molar-refractivity contribution in [1.29, 1.82) is 0 Å². The van der Waals surface area contributed by atoms with E-state index < -0.39 is 21.9 Å². The lowest BCUT2D eigenvalue weighted by Gasteiger charge is -2.27. The van der Waals surface area contributed by atoms with E-state index in [1.165, 1.54) is 12.1 Å². The highest BCUT2D eigenvalue weighted by molar-refractivity contribution is 7.89. The summed E-state index contributed by atoms with van der Waals surface area (Å²) in [6.07, 6.45) is 2.10. The van der Waals surface area contributed by atoms with Crippen molar-refractivity contribution in [3.8, 4) is 0 Å². The largest absolute Gasteiger partial charge is 0.481 e. The first-order valence-electron chi connectivity index (χ1n) is 7.35. The third-order valence-electron chi connectivity index (χ3n) is 4.10. The van der Waals surface area contributed by atoms with Crippen molar-refractivity contribution in [2.75, 3.05) is 0 Å². The van der Waals surface area contributed by atoms with Gasteiger partial charge < -0.3 is 10.4 Å². The van der Waals surface area contributed by atoms with Crippen molar-refractivity contribution in [2.24, 2.45) is 11.1 Å². The van der Waals surface area contributed by atoms with Gasteiger partial charge in [-0.1, -0.05) is 11.6 Å². The molecule has 0 heterocycles. The number of aliphatic carboxylic acids is 1. The monoisotopic (exact) mass is 340 g/mol. The van der Waals surface area contributed by atoms with E-state index in [-0.39, 0.29) is 22.4 Å². The van der Waals surface area contributed by atoms with Gasteiger partial charge in [-0.05, 0) is 44.7 Å². The van der Waals surface area contributed by atoms with Crippen LogP contribution in [-0.2, 0) is 14.8 Å². The van der Waals surface area contributed by atoms with Crippen LogP contribution in [0.15, 0.2) is 23.1 Å². The molecule has 4 N–H and O–H groups in total. The number of rotatable bonds is 4. The zero-order chi connectivity index (χ0) is 17.2. The van der Waals surface area contributed by atoms with Gasteiger partial charge in [0.2, 0.25) is 10.0 Å². The highest BCUT2D eigenvalue weighted by Gasteiger charge is 2.28. The average molecular weight is 340 g/mol. The van der Waals surface area contributed by atoms with E-state index in [1.54, 1.807) is 13.0 Å². The van der Waals surface area contributed by atoms with E-state index >= 15 is 0 Å². The number of carboxylic acid groups (broad SMARTS) is 1. The predicted octanol–water partition coefficient (Wildman–Crippen LogP) is 1.02. The van der Waals surface area contributed by atoms with Crippen LogP contribution in [0.1, 0.15) is 41.6 Å². The van der Waals surface area contributed by atoms with E-state index in [0.29, 0.717) is 25.7 Å². The molecule has 1 aliphatic carbocycles. The second-order valence-electron chi connectivity index (χ2n) is 5.90. The van der Waals surface area contributed by atoms with E-state index in [2.05, 4.69) is 5.32 Å². The van der Waals surface area contributed by atoms with Crippen LogP contribution in [0.2, 0.25) is 0 Å². The van der Waals surface area contributed by atoms with Gasteiger partial charge in [-0.2, -0.15) is 0 Å². The summed E-state index contributed by atoms with van der Waals surface area (Å²) in [6.45, 7) is 1.75. The molecule has 1 saturated carbocycles. The van der Waals surface area contributed by atoms with Gasteiger partial charge in [0, 0.05) is 6.04 Å². The fraction of sp³-hybridized carbons (Fsp3) is 0.467. The number of nitrogens with one attached hydrogen (secondary N) is 1. The van der Waals surface area contributed by atoms with Crippen LogP contribution in [0.3, 0.4) is 0 Å². The molecule has 0 aliphatic heterocycles. The number of hydrogen-bond donors (Lipinski definition) is 3. The van der Waals surface area contributed by atoms with Crippen LogP contribution < -0.4 is 10.5 Å². The van der Waals surface area contributed by atoms with Gasteiger partial charge >= 0.3 is 5.97 Å². The first-order valence-corrected chi connectivity index (χ1v) is 8.90. The molecule has 1 aliphatic rings. The van der Waals surface area contributed by atoms with Gasteiger partial charge in [0.05, 0.1) is 16.4 Å². The SMILES string of the molecule is Cc1ccc(S(N)(=O)=O)c(C(=O)NC2CCC(C(=O)O)CC2)c1. The smallest absolute Gasteiger partial charge is 0.306 e. The Bertz CT molecular complexity index is 721. The Labute approximate surface area is 134 Å². The standard InChI is InChI=1S/C15H20N2O5S/c1-9-2-7-13(23(16,21)22)12(8-9)14(18)17-11-5-3-10(4-6-11)15(19)20/h2,7-8,10-11H,3-6H2,1H3,(H,17,18)(H,19,20)(H2,16,21,22). The molecule has 0 saturated heterocycles. The minimum absolute atomic E-state index is 0.0212. The summed E-state index contributed by atoms with van der Waals surface area (Å²) in [7, 11) is -3.99. The van der Waals surface area contributed by atoms with Crippen LogP contribution in [0, 0.1) is 12.8 Å². The summed E-state index contributed by atoms with van der Waals surface area (Å²) in [5.41, 5.74) is 0.769. The molecule has 1 amide bonds. The van der Waals surface area contributed by atoms with Crippen molar-refractivity contribution in [2.45, 2.75) is 43.5 Å². The Kier molecular flexibility index (Phi) is 5.06. The number of carbonyl (C=O) groups is 2. The Morgan fingerprint density at radius 2 is 1.83 bits per heavy atom. The number of sulfonamides is 1. The molecular weight excluding hydrogens is 320 g/mol. The maximum atomic E-state index is 12.4. The lowest BCUT2D eigenvalue weighted by molar-refractivity contribution is -0.142. The molecule has 8 heteroatoms. The van der Waals surface area contributed by atoms with E-state index in [9.17, 15) is 18.0 Å². The molecule has 1 fully saturated rings. The summed E-state index contributed by atoms with van der Waals surface area (Å²) in [5, 5.41) is 16.9. The van der Waals surface area contributed by atoms with Crippen molar-refractivity contribution in [3.05, 3.63) is 29.3 Å². The van der Waals surface area contributed by atoms with E-state index in [1.807, 2.05) is 0 Å². The molecule has 0 bridgehead atoms. The number of benzene rings is 1. The van der Waals surface area contributed by atoms with Crippen molar-refractivity contribution < 1.29 is 23.1 Å². The molecule has 126 valence electrons. The molecule has 0 atom stereocenters. The third kappa shape index (κ3) is 4.29. The van der Waals surface area contributed by atoms with Crippen LogP contribution in [0.25, 0.3) is 0 Å². The maximum Gasteiger partial charge on any atom is 0.306 e. The van der Waals surface area contributed by atoms with Gasteiger partial charge in [-0.15, -0.1) is 0 Å². The zero-order valence-corrected chi connectivity index (χ0v) is 13.6. The van der Waals surface area contributed by atoms with Crippen molar-refractivity contribution in [3.63, 3.8) is 0 Å². The number of amides is 1. The predicted molar refractivity (Wildman–Crippen MR) is 83.4 cm³/mol.